The Morgan fingerprint density at radius 1 is 1.47 bits per heavy atom. The van der Waals surface area contributed by atoms with Crippen LogP contribution >= 0.6 is 23.3 Å². The van der Waals surface area contributed by atoms with Gasteiger partial charge in [0.2, 0.25) is 0 Å². The summed E-state index contributed by atoms with van der Waals surface area (Å²) in [4.78, 5) is 9.46. The van der Waals surface area contributed by atoms with Crippen LogP contribution in [0.25, 0.3) is 0 Å². The number of rotatable bonds is 2. The summed E-state index contributed by atoms with van der Waals surface area (Å²) in [7, 11) is 1.07. The molecule has 0 radical (unpaired) electrons. The number of benzene rings is 1. The predicted molar refractivity (Wildman–Crippen MR) is 54.5 cm³/mol. The number of halogens is 1. The van der Waals surface area contributed by atoms with Gasteiger partial charge < -0.3 is 1.43 Å². The van der Waals surface area contributed by atoms with Gasteiger partial charge in [0.15, 0.2) is 0 Å². The molecule has 78 valence electrons. The first-order chi connectivity index (χ1) is 6.32. The average molecular weight is 278 g/mol. The molecule has 0 aliphatic carbocycles. The first-order valence-electron chi connectivity index (χ1n) is 3.24. The van der Waals surface area contributed by atoms with Crippen molar-refractivity contribution in [1.29, 1.82) is 0 Å². The van der Waals surface area contributed by atoms with Gasteiger partial charge in [-0.3, -0.25) is 10.1 Å². The first-order valence-corrected chi connectivity index (χ1v) is 6.00. The Labute approximate surface area is 120 Å². The van der Waals surface area contributed by atoms with Gasteiger partial charge in [0, 0.05) is 16.7 Å². The molecule has 0 aliphatic heterocycles. The van der Waals surface area contributed by atoms with Crippen LogP contribution in [0.15, 0.2) is 28.0 Å². The fraction of sp³-hybridized carbons (Fsp3) is 0. The minimum Gasteiger partial charge on any atom is -1.00 e. The molecule has 5 nitrogen and oxygen atoms in total. The molecule has 0 atom stereocenters. The molecule has 0 heterocycles. The van der Waals surface area contributed by atoms with E-state index in [0.717, 1.165) is 12.1 Å². The third-order valence-electron chi connectivity index (χ3n) is 1.43. The van der Waals surface area contributed by atoms with Crippen LogP contribution in [-0.4, -0.2) is 13.3 Å². The van der Waals surface area contributed by atoms with Crippen LogP contribution in [0.3, 0.4) is 0 Å². The fourth-order valence-corrected chi connectivity index (χ4v) is 1.79. The van der Waals surface area contributed by atoms with Crippen molar-refractivity contribution in [3.63, 3.8) is 0 Å². The summed E-state index contributed by atoms with van der Waals surface area (Å²) in [6.45, 7) is 0. The van der Waals surface area contributed by atoms with Gasteiger partial charge in [0.1, 0.15) is 0 Å². The summed E-state index contributed by atoms with van der Waals surface area (Å²) in [5.41, 5.74) is -0.393. The Morgan fingerprint density at radius 2 is 2.00 bits per heavy atom. The zero-order chi connectivity index (χ0) is 10.9. The molecule has 0 aliphatic rings. The van der Waals surface area contributed by atoms with E-state index in [1.165, 1.54) is 6.07 Å². The monoisotopic (exact) mass is 277 g/mol. The van der Waals surface area contributed by atoms with Gasteiger partial charge in [-0.1, -0.05) is 0 Å². The zero-order valence-electron chi connectivity index (χ0n) is 8.55. The van der Waals surface area contributed by atoms with E-state index in [0.29, 0.717) is 0 Å². The van der Waals surface area contributed by atoms with Gasteiger partial charge in [-0.05, 0) is 12.1 Å². The predicted octanol–water partition coefficient (Wildman–Crippen LogP) is -1.07. The largest absolute Gasteiger partial charge is 1.00 e. The summed E-state index contributed by atoms with van der Waals surface area (Å²) >= 11 is 3.80. The molecule has 0 saturated carbocycles. The number of nitro groups is 1. The van der Waals surface area contributed by atoms with Crippen molar-refractivity contribution < 1.29 is 44.3 Å². The second-order valence-corrected chi connectivity index (χ2v) is 5.39. The SMILES string of the molecule is O=[N+]([O-])c1cc(S(=O)(=O)Cl)ccc1S.[H-].[Na+]. The molecule has 0 unspecified atom stereocenters. The maximum Gasteiger partial charge on any atom is 1.00 e. The van der Waals surface area contributed by atoms with Crippen molar-refractivity contribution in [3.05, 3.63) is 28.3 Å². The molecule has 0 saturated heterocycles. The molecule has 1 aromatic rings. The van der Waals surface area contributed by atoms with Crippen molar-refractivity contribution in [3.8, 4) is 0 Å². The molecule has 0 N–H and O–H groups in total. The van der Waals surface area contributed by atoms with Crippen LogP contribution in [0.5, 0.6) is 0 Å². The topological polar surface area (TPSA) is 77.3 Å². The molecule has 0 fully saturated rings. The molecular formula is C6H5ClNNaO4S2. The normalized spacial score (nSPS) is 10.5. The van der Waals surface area contributed by atoms with Crippen LogP contribution in [0.4, 0.5) is 5.69 Å². The number of hydrogen-bond acceptors (Lipinski definition) is 5. The Balaban J connectivity index is 0. The summed E-state index contributed by atoms with van der Waals surface area (Å²) < 4.78 is 21.7. The minimum absolute atomic E-state index is 0. The molecule has 0 amide bonds. The standard InChI is InChI=1S/C6H4ClNO4S2.Na.H/c7-14(11,12)4-1-2-6(13)5(3-4)8(9)10;;/h1-3,13H;;/q;+1;-1. The van der Waals surface area contributed by atoms with Crippen LogP contribution in [0.2, 0.25) is 0 Å². The molecule has 15 heavy (non-hydrogen) atoms. The van der Waals surface area contributed by atoms with Crippen molar-refractivity contribution in [2.45, 2.75) is 9.79 Å². The van der Waals surface area contributed by atoms with E-state index in [1.54, 1.807) is 0 Å². The fourth-order valence-electron chi connectivity index (χ4n) is 0.801. The summed E-state index contributed by atoms with van der Waals surface area (Å²) in [5, 5.41) is 10.4. The van der Waals surface area contributed by atoms with Gasteiger partial charge in [0.05, 0.1) is 14.7 Å². The quantitative estimate of drug-likeness (QED) is 0.245. The summed E-state index contributed by atoms with van der Waals surface area (Å²) in [6, 6.07) is 3.22. The van der Waals surface area contributed by atoms with Crippen LogP contribution < -0.4 is 29.6 Å². The van der Waals surface area contributed by atoms with Crippen molar-refractivity contribution in [2.24, 2.45) is 0 Å². The second kappa shape index (κ2) is 5.51. The zero-order valence-corrected chi connectivity index (χ0v) is 12.0. The summed E-state index contributed by atoms with van der Waals surface area (Å²) in [6.07, 6.45) is 0. The third-order valence-corrected chi connectivity index (χ3v) is 3.15. The number of hydrogen-bond donors (Lipinski definition) is 1. The Kier molecular flexibility index (Phi) is 5.59. The van der Waals surface area contributed by atoms with Crippen LogP contribution in [0.1, 0.15) is 1.43 Å². The van der Waals surface area contributed by atoms with E-state index in [4.69, 9.17) is 10.7 Å². The molecule has 1 aromatic carbocycles. The molecule has 0 aromatic heterocycles. The smallest absolute Gasteiger partial charge is 1.00 e. The third kappa shape index (κ3) is 3.93. The van der Waals surface area contributed by atoms with Crippen LogP contribution in [-0.2, 0) is 9.05 Å². The van der Waals surface area contributed by atoms with E-state index in [9.17, 15) is 18.5 Å². The first kappa shape index (κ1) is 15.2. The van der Waals surface area contributed by atoms with E-state index >= 15 is 0 Å². The van der Waals surface area contributed by atoms with Gasteiger partial charge in [-0.2, -0.15) is 0 Å². The number of nitro benzene ring substituents is 1. The Hall–Kier alpha value is 0.210. The van der Waals surface area contributed by atoms with E-state index in [2.05, 4.69) is 12.6 Å². The maximum atomic E-state index is 10.8. The van der Waals surface area contributed by atoms with E-state index in [1.807, 2.05) is 0 Å². The maximum absolute atomic E-state index is 10.8. The minimum atomic E-state index is -3.94. The van der Waals surface area contributed by atoms with Crippen molar-refractivity contribution in [2.75, 3.05) is 0 Å². The molecular weight excluding hydrogens is 273 g/mol. The second-order valence-electron chi connectivity index (χ2n) is 2.35. The van der Waals surface area contributed by atoms with Gasteiger partial charge in [0.25, 0.3) is 14.7 Å². The van der Waals surface area contributed by atoms with E-state index < -0.39 is 19.7 Å². The molecule has 0 bridgehead atoms. The van der Waals surface area contributed by atoms with Crippen LogP contribution in [0, 0.1) is 10.1 Å². The Morgan fingerprint density at radius 3 is 2.40 bits per heavy atom. The van der Waals surface area contributed by atoms with Gasteiger partial charge in [-0.25, -0.2) is 8.42 Å². The molecule has 1 rings (SSSR count). The van der Waals surface area contributed by atoms with Gasteiger partial charge in [-0.15, -0.1) is 12.6 Å². The number of nitrogens with zero attached hydrogens (tertiary/aromatic N) is 1. The molecule has 0 spiro atoms. The van der Waals surface area contributed by atoms with E-state index in [-0.39, 0.29) is 40.8 Å². The molecule has 9 heteroatoms. The Bertz CT molecular complexity index is 495. The average Bonchev–Trinajstić information content (AvgIpc) is 2.02. The summed E-state index contributed by atoms with van der Waals surface area (Å²) in [5.74, 6) is 0. The number of thiol groups is 1. The van der Waals surface area contributed by atoms with Crippen molar-refractivity contribution >= 4 is 38.0 Å². The van der Waals surface area contributed by atoms with Gasteiger partial charge >= 0.3 is 29.6 Å². The van der Waals surface area contributed by atoms with Crippen molar-refractivity contribution in [1.82, 2.24) is 0 Å².